The van der Waals surface area contributed by atoms with Gasteiger partial charge in [0, 0.05) is 28.9 Å². The third-order valence-corrected chi connectivity index (χ3v) is 3.45. The van der Waals surface area contributed by atoms with Gasteiger partial charge in [0.2, 0.25) is 0 Å². The van der Waals surface area contributed by atoms with Gasteiger partial charge in [-0.1, -0.05) is 0 Å². The second-order valence-corrected chi connectivity index (χ2v) is 4.88. The number of carboxylic acids is 1. The van der Waals surface area contributed by atoms with E-state index in [4.69, 9.17) is 5.11 Å². The first-order valence-electron chi connectivity index (χ1n) is 5.46. The summed E-state index contributed by atoms with van der Waals surface area (Å²) in [6, 6.07) is 4.65. The van der Waals surface area contributed by atoms with E-state index in [1.54, 1.807) is 0 Å². The van der Waals surface area contributed by atoms with Crippen LogP contribution in [0.15, 0.2) is 29.6 Å². The van der Waals surface area contributed by atoms with Crippen LogP contribution in [0.4, 0.5) is 15.8 Å². The molecule has 0 atom stereocenters. The number of benzene rings is 1. The van der Waals surface area contributed by atoms with Gasteiger partial charge in [-0.25, -0.2) is 9.18 Å². The molecule has 2 N–H and O–H groups in total. The maximum absolute atomic E-state index is 13.5. The van der Waals surface area contributed by atoms with E-state index in [0.29, 0.717) is 4.88 Å². The molecule has 0 radical (unpaired) electrons. The summed E-state index contributed by atoms with van der Waals surface area (Å²) in [6.45, 7) is 0.191. The number of nitrogens with zero attached hydrogens (tertiary/aromatic N) is 1. The number of carbonyl (C=O) groups is 1. The van der Waals surface area contributed by atoms with Gasteiger partial charge >= 0.3 is 5.97 Å². The van der Waals surface area contributed by atoms with Crippen molar-refractivity contribution in [2.24, 2.45) is 0 Å². The fraction of sp³-hybridized carbons (Fsp3) is 0.0833. The highest BCUT2D eigenvalue weighted by Crippen LogP contribution is 2.23. The highest BCUT2D eigenvalue weighted by molar-refractivity contribution is 7.10. The molecule has 0 aliphatic heterocycles. The molecular weight excluding hydrogens is 287 g/mol. The number of rotatable bonds is 5. The van der Waals surface area contributed by atoms with Crippen LogP contribution in [0.1, 0.15) is 15.2 Å². The Hall–Kier alpha value is -2.48. The molecule has 1 heterocycles. The van der Waals surface area contributed by atoms with E-state index in [0.717, 1.165) is 18.2 Å². The van der Waals surface area contributed by atoms with E-state index in [1.807, 2.05) is 0 Å². The van der Waals surface area contributed by atoms with E-state index >= 15 is 0 Å². The van der Waals surface area contributed by atoms with Gasteiger partial charge in [0.25, 0.3) is 5.69 Å². The summed E-state index contributed by atoms with van der Waals surface area (Å²) in [5.74, 6) is -1.64. The molecule has 104 valence electrons. The average Bonchev–Trinajstić information content (AvgIpc) is 2.86. The lowest BCUT2D eigenvalue weighted by atomic mass is 10.2. The van der Waals surface area contributed by atoms with Crippen molar-refractivity contribution in [3.05, 3.63) is 56.0 Å². The number of halogens is 1. The molecule has 0 aliphatic rings. The molecule has 0 spiro atoms. The normalized spacial score (nSPS) is 10.2. The molecule has 0 unspecified atom stereocenters. The van der Waals surface area contributed by atoms with Crippen molar-refractivity contribution in [2.75, 3.05) is 5.32 Å². The number of carboxylic acid groups (broad SMARTS) is 1. The first kappa shape index (κ1) is 13.9. The molecule has 0 fully saturated rings. The van der Waals surface area contributed by atoms with Crippen LogP contribution in [0.3, 0.4) is 0 Å². The van der Waals surface area contributed by atoms with Gasteiger partial charge in [-0.05, 0) is 12.1 Å². The van der Waals surface area contributed by atoms with Crippen LogP contribution < -0.4 is 5.32 Å². The van der Waals surface area contributed by atoms with E-state index in [1.165, 1.54) is 22.8 Å². The summed E-state index contributed by atoms with van der Waals surface area (Å²) in [5.41, 5.74) is -0.0536. The fourth-order valence-electron chi connectivity index (χ4n) is 1.53. The third-order valence-electron chi connectivity index (χ3n) is 2.51. The minimum atomic E-state index is -1.03. The molecule has 0 aliphatic carbocycles. The molecule has 0 saturated heterocycles. The van der Waals surface area contributed by atoms with Gasteiger partial charge in [0.05, 0.1) is 16.2 Å². The van der Waals surface area contributed by atoms with Gasteiger partial charge in [0.1, 0.15) is 5.82 Å². The molecule has 8 heteroatoms. The van der Waals surface area contributed by atoms with Crippen LogP contribution in [-0.4, -0.2) is 16.0 Å². The lowest BCUT2D eigenvalue weighted by Crippen LogP contribution is -2.01. The molecule has 20 heavy (non-hydrogen) atoms. The molecule has 0 amide bonds. The van der Waals surface area contributed by atoms with E-state index < -0.39 is 16.7 Å². The number of hydrogen-bond acceptors (Lipinski definition) is 5. The summed E-state index contributed by atoms with van der Waals surface area (Å²) in [6.07, 6.45) is 0. The Labute approximate surface area is 116 Å². The number of non-ortho nitro benzene ring substituents is 1. The number of anilines is 1. The van der Waals surface area contributed by atoms with Crippen LogP contribution >= 0.6 is 11.3 Å². The highest BCUT2D eigenvalue weighted by atomic mass is 32.1. The number of thiophene rings is 1. The standard InChI is InChI=1S/C12H9FN2O4S/c13-10-2-1-8(15(18)19)4-11(10)14-5-9-3-7(6-20-9)12(16)17/h1-4,6,14H,5H2,(H,16,17). The maximum atomic E-state index is 13.5. The third kappa shape index (κ3) is 3.09. The number of nitro groups is 1. The minimum absolute atomic E-state index is 0.00414. The summed E-state index contributed by atoms with van der Waals surface area (Å²) in [5, 5.41) is 23.6. The summed E-state index contributed by atoms with van der Waals surface area (Å²) in [7, 11) is 0. The van der Waals surface area contributed by atoms with Crippen molar-refractivity contribution in [1.29, 1.82) is 0 Å². The SMILES string of the molecule is O=C(O)c1csc(CNc2cc([N+](=O)[O-])ccc2F)c1. The lowest BCUT2D eigenvalue weighted by molar-refractivity contribution is -0.384. The Balaban J connectivity index is 2.11. The fourth-order valence-corrected chi connectivity index (χ4v) is 2.33. The van der Waals surface area contributed by atoms with Crippen molar-refractivity contribution >= 4 is 28.7 Å². The number of hydrogen-bond donors (Lipinski definition) is 2. The smallest absolute Gasteiger partial charge is 0.336 e. The second-order valence-electron chi connectivity index (χ2n) is 3.88. The molecule has 1 aromatic carbocycles. The number of nitrogens with one attached hydrogen (secondary N) is 1. The summed E-state index contributed by atoms with van der Waals surface area (Å²) >= 11 is 1.21. The van der Waals surface area contributed by atoms with Crippen LogP contribution in [0, 0.1) is 15.9 Å². The van der Waals surface area contributed by atoms with Gasteiger partial charge in [-0.2, -0.15) is 0 Å². The Kier molecular flexibility index (Phi) is 3.94. The molecule has 6 nitrogen and oxygen atoms in total. The predicted molar refractivity (Wildman–Crippen MR) is 71.7 cm³/mol. The maximum Gasteiger partial charge on any atom is 0.336 e. The van der Waals surface area contributed by atoms with Crippen molar-refractivity contribution in [2.45, 2.75) is 6.54 Å². The molecule has 2 aromatic rings. The first-order chi connectivity index (χ1) is 9.47. The number of nitro benzene ring substituents is 1. The summed E-state index contributed by atoms with van der Waals surface area (Å²) in [4.78, 5) is 21.4. The van der Waals surface area contributed by atoms with Crippen molar-refractivity contribution in [1.82, 2.24) is 0 Å². The van der Waals surface area contributed by atoms with Gasteiger partial charge in [0.15, 0.2) is 0 Å². The Bertz CT molecular complexity index is 671. The van der Waals surface area contributed by atoms with Gasteiger partial charge in [-0.15, -0.1) is 11.3 Å². The minimum Gasteiger partial charge on any atom is -0.478 e. The Morgan fingerprint density at radius 2 is 2.20 bits per heavy atom. The molecule has 0 bridgehead atoms. The summed E-state index contributed by atoms with van der Waals surface area (Å²) < 4.78 is 13.5. The topological polar surface area (TPSA) is 92.5 Å². The van der Waals surface area contributed by atoms with Gasteiger partial charge < -0.3 is 10.4 Å². The largest absolute Gasteiger partial charge is 0.478 e. The zero-order chi connectivity index (χ0) is 14.7. The van der Waals surface area contributed by atoms with Crippen LogP contribution in [0.25, 0.3) is 0 Å². The number of aromatic carboxylic acids is 1. The van der Waals surface area contributed by atoms with E-state index in [2.05, 4.69) is 5.32 Å². The monoisotopic (exact) mass is 296 g/mol. The highest BCUT2D eigenvalue weighted by Gasteiger charge is 2.11. The van der Waals surface area contributed by atoms with Gasteiger partial charge in [-0.3, -0.25) is 10.1 Å². The quantitative estimate of drug-likeness (QED) is 0.653. The van der Waals surface area contributed by atoms with Crippen LogP contribution in [-0.2, 0) is 6.54 Å². The molecule has 0 saturated carbocycles. The zero-order valence-electron chi connectivity index (χ0n) is 10.00. The van der Waals surface area contributed by atoms with Crippen molar-refractivity contribution < 1.29 is 19.2 Å². The molecule has 2 rings (SSSR count). The van der Waals surface area contributed by atoms with Crippen molar-refractivity contribution in [3.8, 4) is 0 Å². The zero-order valence-corrected chi connectivity index (χ0v) is 10.8. The first-order valence-corrected chi connectivity index (χ1v) is 6.34. The van der Waals surface area contributed by atoms with Crippen LogP contribution in [0.2, 0.25) is 0 Å². The average molecular weight is 296 g/mol. The molecular formula is C12H9FN2O4S. The van der Waals surface area contributed by atoms with Crippen LogP contribution in [0.5, 0.6) is 0 Å². The Morgan fingerprint density at radius 1 is 1.45 bits per heavy atom. The molecule has 1 aromatic heterocycles. The lowest BCUT2D eigenvalue weighted by Gasteiger charge is -2.05. The Morgan fingerprint density at radius 3 is 2.80 bits per heavy atom. The van der Waals surface area contributed by atoms with E-state index in [-0.39, 0.29) is 23.5 Å². The van der Waals surface area contributed by atoms with E-state index in [9.17, 15) is 19.3 Å². The second kappa shape index (κ2) is 5.66. The predicted octanol–water partition coefficient (Wildman–Crippen LogP) is 3.11. The van der Waals surface area contributed by atoms with Crippen molar-refractivity contribution in [3.63, 3.8) is 0 Å².